The van der Waals surface area contributed by atoms with E-state index in [1.807, 2.05) is 24.3 Å². The van der Waals surface area contributed by atoms with Crippen molar-refractivity contribution >= 4 is 33.4 Å². The van der Waals surface area contributed by atoms with Crippen molar-refractivity contribution in [2.24, 2.45) is 0 Å². The van der Waals surface area contributed by atoms with Gasteiger partial charge in [-0.3, -0.25) is 0 Å². The molecule has 0 bridgehead atoms. The van der Waals surface area contributed by atoms with Crippen LogP contribution in [-0.4, -0.2) is 0 Å². The second-order valence-corrected chi connectivity index (χ2v) is 5.50. The van der Waals surface area contributed by atoms with Crippen LogP contribution >= 0.6 is 27.7 Å². The topological polar surface area (TPSA) is 26.0 Å². The van der Waals surface area contributed by atoms with E-state index in [-0.39, 0.29) is 5.82 Å². The maximum absolute atomic E-state index is 13.0. The minimum absolute atomic E-state index is 0.202. The number of benzene rings is 2. The summed E-state index contributed by atoms with van der Waals surface area (Å²) in [5.74, 6) is 0.580. The average molecular weight is 312 g/mol. The lowest BCUT2D eigenvalue weighted by Crippen LogP contribution is -1.88. The van der Waals surface area contributed by atoms with Gasteiger partial charge in [-0.2, -0.15) is 0 Å². The lowest BCUT2D eigenvalue weighted by Gasteiger charge is -2.05. The smallest absolute Gasteiger partial charge is 0.124 e. The fourth-order valence-electron chi connectivity index (χ4n) is 1.40. The summed E-state index contributed by atoms with van der Waals surface area (Å²) in [7, 11) is 0. The van der Waals surface area contributed by atoms with Gasteiger partial charge in [0, 0.05) is 20.8 Å². The Morgan fingerprint density at radius 3 is 2.71 bits per heavy atom. The molecule has 17 heavy (non-hydrogen) atoms. The molecule has 0 aliphatic rings. The van der Waals surface area contributed by atoms with E-state index in [9.17, 15) is 4.39 Å². The van der Waals surface area contributed by atoms with Crippen molar-refractivity contribution in [3.8, 4) is 0 Å². The molecule has 2 N–H and O–H groups in total. The molecular formula is C13H11BrFNS. The SMILES string of the molecule is Nc1ccc(CSc2cccc(F)c2)c(Br)c1. The molecule has 1 nitrogen and oxygen atoms in total. The van der Waals surface area contributed by atoms with E-state index >= 15 is 0 Å². The van der Waals surface area contributed by atoms with E-state index < -0.39 is 0 Å². The molecule has 88 valence electrons. The van der Waals surface area contributed by atoms with E-state index in [0.29, 0.717) is 0 Å². The van der Waals surface area contributed by atoms with Crippen LogP contribution in [0.3, 0.4) is 0 Å². The van der Waals surface area contributed by atoms with Crippen molar-refractivity contribution in [3.05, 3.63) is 58.3 Å². The van der Waals surface area contributed by atoms with Crippen LogP contribution in [-0.2, 0) is 5.75 Å². The second kappa shape index (κ2) is 5.56. The highest BCUT2D eigenvalue weighted by atomic mass is 79.9. The van der Waals surface area contributed by atoms with Gasteiger partial charge in [0.15, 0.2) is 0 Å². The molecule has 0 amide bonds. The molecule has 0 spiro atoms. The third kappa shape index (κ3) is 3.48. The van der Waals surface area contributed by atoms with Crippen molar-refractivity contribution in [3.63, 3.8) is 0 Å². The van der Waals surface area contributed by atoms with Gasteiger partial charge >= 0.3 is 0 Å². The largest absolute Gasteiger partial charge is 0.399 e. The zero-order valence-corrected chi connectivity index (χ0v) is 11.4. The van der Waals surface area contributed by atoms with Crippen LogP contribution < -0.4 is 5.73 Å². The number of nitrogens with two attached hydrogens (primary N) is 1. The van der Waals surface area contributed by atoms with E-state index in [4.69, 9.17) is 5.73 Å². The Morgan fingerprint density at radius 1 is 1.18 bits per heavy atom. The van der Waals surface area contributed by atoms with Crippen LogP contribution in [0.15, 0.2) is 51.8 Å². The van der Waals surface area contributed by atoms with Gasteiger partial charge in [0.2, 0.25) is 0 Å². The molecule has 0 heterocycles. The first-order chi connectivity index (χ1) is 8.15. The van der Waals surface area contributed by atoms with Gasteiger partial charge in [0.05, 0.1) is 0 Å². The van der Waals surface area contributed by atoms with Crippen LogP contribution in [0, 0.1) is 5.82 Å². The highest BCUT2D eigenvalue weighted by molar-refractivity contribution is 9.10. The Morgan fingerprint density at radius 2 is 2.00 bits per heavy atom. The Bertz CT molecular complexity index is 531. The molecule has 0 saturated carbocycles. The highest BCUT2D eigenvalue weighted by Gasteiger charge is 2.02. The summed E-state index contributed by atoms with van der Waals surface area (Å²) in [4.78, 5) is 0.925. The predicted octanol–water partition coefficient (Wildman–Crippen LogP) is 4.46. The number of thioether (sulfide) groups is 1. The van der Waals surface area contributed by atoms with Crippen molar-refractivity contribution in [2.45, 2.75) is 10.6 Å². The molecule has 0 radical (unpaired) electrons. The van der Waals surface area contributed by atoms with Crippen LogP contribution in [0.5, 0.6) is 0 Å². The molecule has 0 aliphatic carbocycles. The number of rotatable bonds is 3. The summed E-state index contributed by atoms with van der Waals surface area (Å²) in [6.45, 7) is 0. The van der Waals surface area contributed by atoms with Gasteiger partial charge in [-0.25, -0.2) is 4.39 Å². The number of anilines is 1. The third-order valence-electron chi connectivity index (χ3n) is 2.27. The summed E-state index contributed by atoms with van der Waals surface area (Å²) >= 11 is 5.06. The minimum atomic E-state index is -0.202. The summed E-state index contributed by atoms with van der Waals surface area (Å²) in [5.41, 5.74) is 7.55. The number of hydrogen-bond acceptors (Lipinski definition) is 2. The molecule has 0 aromatic heterocycles. The van der Waals surface area contributed by atoms with Crippen molar-refractivity contribution in [2.75, 3.05) is 5.73 Å². The van der Waals surface area contributed by atoms with Gasteiger partial charge in [0.1, 0.15) is 5.82 Å². The summed E-state index contributed by atoms with van der Waals surface area (Å²) < 4.78 is 14.0. The molecule has 0 unspecified atom stereocenters. The van der Waals surface area contributed by atoms with Crippen molar-refractivity contribution in [1.29, 1.82) is 0 Å². The lowest BCUT2D eigenvalue weighted by molar-refractivity contribution is 0.624. The molecule has 2 rings (SSSR count). The first kappa shape index (κ1) is 12.5. The average Bonchev–Trinajstić information content (AvgIpc) is 2.28. The monoisotopic (exact) mass is 311 g/mol. The molecule has 2 aromatic rings. The molecule has 0 fully saturated rings. The first-order valence-electron chi connectivity index (χ1n) is 5.07. The van der Waals surface area contributed by atoms with Crippen molar-refractivity contribution in [1.82, 2.24) is 0 Å². The van der Waals surface area contributed by atoms with Gasteiger partial charge in [-0.15, -0.1) is 11.8 Å². The fraction of sp³-hybridized carbons (Fsp3) is 0.0769. The predicted molar refractivity (Wildman–Crippen MR) is 74.5 cm³/mol. The molecule has 0 aliphatic heterocycles. The summed E-state index contributed by atoms with van der Waals surface area (Å²) in [6.07, 6.45) is 0. The van der Waals surface area contributed by atoms with Crippen LogP contribution in [0.4, 0.5) is 10.1 Å². The molecular weight excluding hydrogens is 301 g/mol. The Balaban J connectivity index is 2.07. The second-order valence-electron chi connectivity index (χ2n) is 3.60. The van der Waals surface area contributed by atoms with Gasteiger partial charge in [-0.05, 0) is 35.9 Å². The van der Waals surface area contributed by atoms with Crippen LogP contribution in [0.2, 0.25) is 0 Å². The summed E-state index contributed by atoms with van der Waals surface area (Å²) in [5, 5.41) is 0. The van der Waals surface area contributed by atoms with Crippen LogP contribution in [0.1, 0.15) is 5.56 Å². The maximum Gasteiger partial charge on any atom is 0.124 e. The Labute approximate surface area is 112 Å². The van der Waals surface area contributed by atoms with Gasteiger partial charge < -0.3 is 5.73 Å². The number of nitrogen functional groups attached to an aromatic ring is 1. The van der Waals surface area contributed by atoms with Gasteiger partial charge in [0.25, 0.3) is 0 Å². The number of hydrogen-bond donors (Lipinski definition) is 1. The van der Waals surface area contributed by atoms with Crippen molar-refractivity contribution < 1.29 is 4.39 Å². The highest BCUT2D eigenvalue weighted by Crippen LogP contribution is 2.28. The minimum Gasteiger partial charge on any atom is -0.399 e. The zero-order chi connectivity index (χ0) is 12.3. The quantitative estimate of drug-likeness (QED) is 0.669. The molecule has 0 saturated heterocycles. The molecule has 2 aromatic carbocycles. The molecule has 4 heteroatoms. The van der Waals surface area contributed by atoms with E-state index in [2.05, 4.69) is 15.9 Å². The Hall–Kier alpha value is -1.00. The van der Waals surface area contributed by atoms with Gasteiger partial charge in [-0.1, -0.05) is 28.1 Å². The third-order valence-corrected chi connectivity index (χ3v) is 4.05. The summed E-state index contributed by atoms with van der Waals surface area (Å²) in [6, 6.07) is 12.3. The van der Waals surface area contributed by atoms with E-state index in [1.165, 1.54) is 12.1 Å². The lowest BCUT2D eigenvalue weighted by atomic mass is 10.2. The number of halogens is 2. The van der Waals surface area contributed by atoms with E-state index in [0.717, 1.165) is 26.4 Å². The normalized spacial score (nSPS) is 10.5. The fourth-order valence-corrected chi connectivity index (χ4v) is 3.07. The molecule has 0 atom stereocenters. The standard InChI is InChI=1S/C13H11BrFNS/c14-13-7-11(16)5-4-9(13)8-17-12-3-1-2-10(15)6-12/h1-7H,8,16H2. The van der Waals surface area contributed by atoms with Crippen LogP contribution in [0.25, 0.3) is 0 Å². The Kier molecular flexibility index (Phi) is 4.07. The van der Waals surface area contributed by atoms with E-state index in [1.54, 1.807) is 17.8 Å². The maximum atomic E-state index is 13.0. The zero-order valence-electron chi connectivity index (χ0n) is 8.99. The first-order valence-corrected chi connectivity index (χ1v) is 6.85.